The Morgan fingerprint density at radius 3 is 2.42 bits per heavy atom. The molecule has 2 aromatic carbocycles. The molecule has 0 saturated carbocycles. The van der Waals surface area contributed by atoms with E-state index in [-0.39, 0.29) is 23.8 Å². The first-order valence-corrected chi connectivity index (χ1v) is 7.98. The molecule has 1 atom stereocenters. The standard InChI is InChI=1S/C17H13BrN2O4/c18-12-3-1-2-4-13(12)19-14-9-15(21)20(16(14)22)11-7-5-10(6-8-11)17(23)24/h1-8,14,19H,9H2,(H,23,24)/t14-/m0/s1. The highest BCUT2D eigenvalue weighted by Crippen LogP contribution is 2.28. The fourth-order valence-corrected chi connectivity index (χ4v) is 2.93. The number of hydrogen-bond donors (Lipinski definition) is 2. The number of benzene rings is 2. The van der Waals surface area contributed by atoms with Gasteiger partial charge in [0.05, 0.1) is 17.7 Å². The van der Waals surface area contributed by atoms with Gasteiger partial charge in [-0.2, -0.15) is 0 Å². The SMILES string of the molecule is O=C(O)c1ccc(N2C(=O)C[C@H](Nc3ccccc3Br)C2=O)cc1. The molecule has 0 aromatic heterocycles. The number of carboxylic acid groups (broad SMARTS) is 1. The topological polar surface area (TPSA) is 86.7 Å². The Bertz CT molecular complexity index is 820. The highest BCUT2D eigenvalue weighted by Gasteiger charge is 2.39. The van der Waals surface area contributed by atoms with Gasteiger partial charge in [-0.1, -0.05) is 12.1 Å². The third kappa shape index (κ3) is 3.03. The molecule has 24 heavy (non-hydrogen) atoms. The number of carbonyl (C=O) groups is 3. The first-order valence-electron chi connectivity index (χ1n) is 7.18. The summed E-state index contributed by atoms with van der Waals surface area (Å²) in [5, 5.41) is 12.0. The zero-order chi connectivity index (χ0) is 17.3. The molecule has 1 fully saturated rings. The van der Waals surface area contributed by atoms with Crippen LogP contribution in [0.5, 0.6) is 0 Å². The van der Waals surface area contributed by atoms with E-state index in [1.807, 2.05) is 24.3 Å². The number of nitrogens with one attached hydrogen (secondary N) is 1. The summed E-state index contributed by atoms with van der Waals surface area (Å²) in [6.07, 6.45) is 0.0425. The van der Waals surface area contributed by atoms with Crippen LogP contribution in [0.4, 0.5) is 11.4 Å². The molecule has 0 aliphatic carbocycles. The van der Waals surface area contributed by atoms with Crippen molar-refractivity contribution < 1.29 is 19.5 Å². The highest BCUT2D eigenvalue weighted by molar-refractivity contribution is 9.10. The average Bonchev–Trinajstić information content (AvgIpc) is 2.84. The number of imide groups is 1. The number of halogens is 1. The van der Waals surface area contributed by atoms with Gasteiger partial charge in [0.25, 0.3) is 5.91 Å². The van der Waals surface area contributed by atoms with Crippen molar-refractivity contribution in [2.75, 3.05) is 10.2 Å². The van der Waals surface area contributed by atoms with E-state index in [0.29, 0.717) is 5.69 Å². The number of amides is 2. The van der Waals surface area contributed by atoms with Crippen LogP contribution >= 0.6 is 15.9 Å². The van der Waals surface area contributed by atoms with Crippen molar-refractivity contribution in [3.8, 4) is 0 Å². The Kier molecular flexibility index (Phi) is 4.35. The third-order valence-corrected chi connectivity index (χ3v) is 4.41. The largest absolute Gasteiger partial charge is 0.478 e. The second-order valence-electron chi connectivity index (χ2n) is 5.30. The summed E-state index contributed by atoms with van der Waals surface area (Å²) < 4.78 is 0.800. The fraction of sp³-hybridized carbons (Fsp3) is 0.118. The molecule has 1 heterocycles. The number of nitrogens with zero attached hydrogens (tertiary/aromatic N) is 1. The van der Waals surface area contributed by atoms with Crippen LogP contribution in [0.1, 0.15) is 16.8 Å². The zero-order valence-electron chi connectivity index (χ0n) is 12.4. The molecule has 1 aliphatic heterocycles. The molecule has 2 amide bonds. The lowest BCUT2D eigenvalue weighted by Gasteiger charge is -2.16. The second-order valence-corrected chi connectivity index (χ2v) is 6.15. The lowest BCUT2D eigenvalue weighted by atomic mass is 10.2. The number of carbonyl (C=O) groups excluding carboxylic acids is 2. The summed E-state index contributed by atoms with van der Waals surface area (Å²) in [6.45, 7) is 0. The van der Waals surface area contributed by atoms with E-state index in [1.165, 1.54) is 24.3 Å². The van der Waals surface area contributed by atoms with Gasteiger partial charge in [0.15, 0.2) is 0 Å². The monoisotopic (exact) mass is 388 g/mol. The molecule has 2 aromatic rings. The normalized spacial score (nSPS) is 17.2. The smallest absolute Gasteiger partial charge is 0.335 e. The van der Waals surface area contributed by atoms with Crippen LogP contribution in [0.15, 0.2) is 53.0 Å². The van der Waals surface area contributed by atoms with Crippen LogP contribution in [0.3, 0.4) is 0 Å². The Balaban J connectivity index is 1.81. The van der Waals surface area contributed by atoms with E-state index in [1.54, 1.807) is 0 Å². The van der Waals surface area contributed by atoms with Gasteiger partial charge in [0, 0.05) is 10.2 Å². The quantitative estimate of drug-likeness (QED) is 0.786. The predicted molar refractivity (Wildman–Crippen MR) is 92.1 cm³/mol. The minimum atomic E-state index is -1.06. The molecule has 3 rings (SSSR count). The van der Waals surface area contributed by atoms with E-state index >= 15 is 0 Å². The highest BCUT2D eigenvalue weighted by atomic mass is 79.9. The second kappa shape index (κ2) is 6.45. The molecular weight excluding hydrogens is 376 g/mol. The number of rotatable bonds is 4. The van der Waals surface area contributed by atoms with E-state index in [0.717, 1.165) is 15.1 Å². The number of carboxylic acids is 1. The maximum Gasteiger partial charge on any atom is 0.335 e. The number of para-hydroxylation sites is 1. The Hall–Kier alpha value is -2.67. The van der Waals surface area contributed by atoms with Crippen LogP contribution in [0.2, 0.25) is 0 Å². The molecule has 2 N–H and O–H groups in total. The fourth-order valence-electron chi connectivity index (χ4n) is 2.54. The van der Waals surface area contributed by atoms with Crippen molar-refractivity contribution in [1.82, 2.24) is 0 Å². The minimum absolute atomic E-state index is 0.0425. The maximum atomic E-state index is 12.6. The summed E-state index contributed by atoms with van der Waals surface area (Å²) in [6, 6.07) is 12.3. The molecule has 6 nitrogen and oxygen atoms in total. The van der Waals surface area contributed by atoms with Gasteiger partial charge in [0.1, 0.15) is 6.04 Å². The van der Waals surface area contributed by atoms with Crippen LogP contribution in [0.25, 0.3) is 0 Å². The summed E-state index contributed by atoms with van der Waals surface area (Å²) in [7, 11) is 0. The van der Waals surface area contributed by atoms with Crippen molar-refractivity contribution in [2.45, 2.75) is 12.5 Å². The van der Waals surface area contributed by atoms with Crippen molar-refractivity contribution >= 4 is 45.1 Å². The molecule has 0 unspecified atom stereocenters. The van der Waals surface area contributed by atoms with Crippen LogP contribution in [-0.2, 0) is 9.59 Å². The van der Waals surface area contributed by atoms with Crippen LogP contribution < -0.4 is 10.2 Å². The first kappa shape index (κ1) is 16.2. The molecule has 1 aliphatic rings. The van der Waals surface area contributed by atoms with E-state index < -0.39 is 12.0 Å². The Morgan fingerprint density at radius 2 is 1.79 bits per heavy atom. The van der Waals surface area contributed by atoms with Crippen molar-refractivity contribution in [3.63, 3.8) is 0 Å². The summed E-state index contributed by atoms with van der Waals surface area (Å²) in [5.41, 5.74) is 1.19. The van der Waals surface area contributed by atoms with E-state index in [4.69, 9.17) is 5.11 Å². The lowest BCUT2D eigenvalue weighted by Crippen LogP contribution is -2.34. The van der Waals surface area contributed by atoms with Crippen LogP contribution in [-0.4, -0.2) is 28.9 Å². The molecule has 7 heteroatoms. The maximum absolute atomic E-state index is 12.6. The Morgan fingerprint density at radius 1 is 1.12 bits per heavy atom. The Labute approximate surface area is 146 Å². The average molecular weight is 389 g/mol. The molecule has 122 valence electrons. The molecule has 1 saturated heterocycles. The van der Waals surface area contributed by atoms with Gasteiger partial charge in [0.2, 0.25) is 5.91 Å². The molecule has 0 bridgehead atoms. The molecular formula is C17H13BrN2O4. The summed E-state index contributed by atoms with van der Waals surface area (Å²) in [4.78, 5) is 36.8. The predicted octanol–water partition coefficient (Wildman–Crippen LogP) is 2.89. The number of aromatic carboxylic acids is 1. The van der Waals surface area contributed by atoms with Gasteiger partial charge >= 0.3 is 5.97 Å². The van der Waals surface area contributed by atoms with Crippen molar-refractivity contribution in [2.24, 2.45) is 0 Å². The van der Waals surface area contributed by atoms with Gasteiger partial charge < -0.3 is 10.4 Å². The van der Waals surface area contributed by atoms with Crippen molar-refractivity contribution in [1.29, 1.82) is 0 Å². The van der Waals surface area contributed by atoms with Gasteiger partial charge in [-0.3, -0.25) is 9.59 Å². The van der Waals surface area contributed by atoms with Gasteiger partial charge in [-0.05, 0) is 52.3 Å². The minimum Gasteiger partial charge on any atom is -0.478 e. The van der Waals surface area contributed by atoms with E-state index in [2.05, 4.69) is 21.2 Å². The van der Waals surface area contributed by atoms with E-state index in [9.17, 15) is 14.4 Å². The third-order valence-electron chi connectivity index (χ3n) is 3.72. The van der Waals surface area contributed by atoms with Crippen molar-refractivity contribution in [3.05, 3.63) is 58.6 Å². The lowest BCUT2D eigenvalue weighted by molar-refractivity contribution is -0.121. The number of hydrogen-bond acceptors (Lipinski definition) is 4. The van der Waals surface area contributed by atoms with Crippen LogP contribution in [0, 0.1) is 0 Å². The summed E-state index contributed by atoms with van der Waals surface area (Å²) >= 11 is 3.39. The number of anilines is 2. The molecule has 0 radical (unpaired) electrons. The van der Waals surface area contributed by atoms with Gasteiger partial charge in [-0.25, -0.2) is 9.69 Å². The first-order chi connectivity index (χ1) is 11.5. The van der Waals surface area contributed by atoms with Gasteiger partial charge in [-0.15, -0.1) is 0 Å². The molecule has 0 spiro atoms. The zero-order valence-corrected chi connectivity index (χ0v) is 14.0. The summed E-state index contributed by atoms with van der Waals surface area (Å²) in [5.74, 6) is -1.75.